The lowest BCUT2D eigenvalue weighted by atomic mass is 9.99. The Bertz CT molecular complexity index is 681. The molecule has 1 amide bonds. The standard InChI is InChI=1S/C18H21FN2O2S/c1-2-17-20-14(11-24-17)10-16(22)21-18(15-4-3-9-23-15)12-5-7-13(19)8-6-12/h5-8,11,15,18H,2-4,9-10H2,1H3,(H,21,22). The highest BCUT2D eigenvalue weighted by Gasteiger charge is 2.28. The van der Waals surface area contributed by atoms with Crippen LogP contribution in [-0.4, -0.2) is 23.6 Å². The fourth-order valence-electron chi connectivity index (χ4n) is 2.91. The van der Waals surface area contributed by atoms with Crippen LogP contribution in [0.5, 0.6) is 0 Å². The molecular weight excluding hydrogens is 327 g/mol. The van der Waals surface area contributed by atoms with Gasteiger partial charge in [0, 0.05) is 12.0 Å². The van der Waals surface area contributed by atoms with E-state index in [9.17, 15) is 9.18 Å². The Morgan fingerprint density at radius 3 is 2.88 bits per heavy atom. The van der Waals surface area contributed by atoms with Crippen molar-refractivity contribution in [2.24, 2.45) is 0 Å². The average Bonchev–Trinajstić information content (AvgIpc) is 3.25. The summed E-state index contributed by atoms with van der Waals surface area (Å²) in [4.78, 5) is 16.9. The minimum Gasteiger partial charge on any atom is -0.376 e. The van der Waals surface area contributed by atoms with Gasteiger partial charge in [-0.3, -0.25) is 4.79 Å². The highest BCUT2D eigenvalue weighted by atomic mass is 32.1. The number of hydrogen-bond acceptors (Lipinski definition) is 4. The van der Waals surface area contributed by atoms with E-state index in [1.807, 2.05) is 12.3 Å². The van der Waals surface area contributed by atoms with Gasteiger partial charge in [-0.1, -0.05) is 19.1 Å². The lowest BCUT2D eigenvalue weighted by molar-refractivity contribution is -0.122. The third-order valence-electron chi connectivity index (χ3n) is 4.13. The molecule has 6 heteroatoms. The van der Waals surface area contributed by atoms with Crippen molar-refractivity contribution in [3.63, 3.8) is 0 Å². The quantitative estimate of drug-likeness (QED) is 0.870. The van der Waals surface area contributed by atoms with Gasteiger partial charge in [0.25, 0.3) is 0 Å². The number of aryl methyl sites for hydroxylation is 1. The van der Waals surface area contributed by atoms with E-state index >= 15 is 0 Å². The van der Waals surface area contributed by atoms with Gasteiger partial charge in [0.15, 0.2) is 0 Å². The average molecular weight is 348 g/mol. The van der Waals surface area contributed by atoms with Crippen LogP contribution in [0.3, 0.4) is 0 Å². The molecule has 2 aromatic rings. The fraction of sp³-hybridized carbons (Fsp3) is 0.444. The van der Waals surface area contributed by atoms with Crippen LogP contribution in [0.15, 0.2) is 29.6 Å². The summed E-state index contributed by atoms with van der Waals surface area (Å²) in [5, 5.41) is 6.01. The van der Waals surface area contributed by atoms with Crippen LogP contribution in [0.25, 0.3) is 0 Å². The largest absolute Gasteiger partial charge is 0.376 e. The number of thiazole rings is 1. The predicted octanol–water partition coefficient (Wildman–Crippen LogP) is 3.42. The molecule has 2 unspecified atom stereocenters. The molecule has 0 aliphatic carbocycles. The smallest absolute Gasteiger partial charge is 0.226 e. The van der Waals surface area contributed by atoms with Gasteiger partial charge < -0.3 is 10.1 Å². The van der Waals surface area contributed by atoms with Crippen molar-refractivity contribution in [3.05, 3.63) is 51.7 Å². The maximum Gasteiger partial charge on any atom is 0.226 e. The van der Waals surface area contributed by atoms with E-state index in [4.69, 9.17) is 4.74 Å². The maximum atomic E-state index is 13.2. The molecule has 0 radical (unpaired) electrons. The molecule has 128 valence electrons. The summed E-state index contributed by atoms with van der Waals surface area (Å²) in [6, 6.07) is 5.99. The number of halogens is 1. The van der Waals surface area contributed by atoms with E-state index in [1.54, 1.807) is 23.5 Å². The molecule has 1 aliphatic heterocycles. The van der Waals surface area contributed by atoms with Crippen LogP contribution in [0.4, 0.5) is 4.39 Å². The molecule has 0 spiro atoms. The highest BCUT2D eigenvalue weighted by Crippen LogP contribution is 2.27. The number of nitrogens with zero attached hydrogens (tertiary/aromatic N) is 1. The summed E-state index contributed by atoms with van der Waals surface area (Å²) in [5.41, 5.74) is 1.66. The fourth-order valence-corrected chi connectivity index (χ4v) is 3.65. The third kappa shape index (κ3) is 4.19. The van der Waals surface area contributed by atoms with Crippen LogP contribution in [0, 0.1) is 5.82 Å². The Labute approximate surface area is 145 Å². The molecule has 1 aromatic heterocycles. The zero-order chi connectivity index (χ0) is 16.9. The minimum atomic E-state index is -0.286. The summed E-state index contributed by atoms with van der Waals surface area (Å²) in [7, 11) is 0. The maximum absolute atomic E-state index is 13.2. The molecule has 2 atom stereocenters. The van der Waals surface area contributed by atoms with Crippen LogP contribution in [0.1, 0.15) is 42.1 Å². The number of rotatable bonds is 6. The first-order valence-electron chi connectivity index (χ1n) is 8.25. The van der Waals surface area contributed by atoms with Gasteiger partial charge in [-0.2, -0.15) is 0 Å². The summed E-state index contributed by atoms with van der Waals surface area (Å²) in [6.45, 7) is 2.74. The van der Waals surface area contributed by atoms with Gasteiger partial charge in [0.2, 0.25) is 5.91 Å². The molecule has 2 heterocycles. The first-order valence-corrected chi connectivity index (χ1v) is 9.13. The second-order valence-corrected chi connectivity index (χ2v) is 6.85. The molecule has 1 N–H and O–H groups in total. The molecule has 1 fully saturated rings. The van der Waals surface area contributed by atoms with E-state index < -0.39 is 0 Å². The van der Waals surface area contributed by atoms with Gasteiger partial charge in [-0.05, 0) is 37.0 Å². The summed E-state index contributed by atoms with van der Waals surface area (Å²) < 4.78 is 18.9. The summed E-state index contributed by atoms with van der Waals surface area (Å²) in [6.07, 6.45) is 2.92. The SMILES string of the molecule is CCc1nc(CC(=O)NC(c2ccc(F)cc2)C2CCCO2)cs1. The van der Waals surface area contributed by atoms with Gasteiger partial charge in [0.05, 0.1) is 29.3 Å². The second-order valence-electron chi connectivity index (χ2n) is 5.91. The molecule has 3 rings (SSSR count). The van der Waals surface area contributed by atoms with Gasteiger partial charge in [-0.25, -0.2) is 9.37 Å². The Hall–Kier alpha value is -1.79. The first-order chi connectivity index (χ1) is 11.7. The number of benzene rings is 1. The number of nitrogens with one attached hydrogen (secondary N) is 1. The number of ether oxygens (including phenoxy) is 1. The predicted molar refractivity (Wildman–Crippen MR) is 91.5 cm³/mol. The minimum absolute atomic E-state index is 0.0685. The highest BCUT2D eigenvalue weighted by molar-refractivity contribution is 7.09. The number of aromatic nitrogens is 1. The van der Waals surface area contributed by atoms with Crippen LogP contribution < -0.4 is 5.32 Å². The third-order valence-corrected chi connectivity index (χ3v) is 5.17. The molecule has 1 aliphatic rings. The van der Waals surface area contributed by atoms with Crippen molar-refractivity contribution >= 4 is 17.2 Å². The molecular formula is C18H21FN2O2S. The molecule has 4 nitrogen and oxygen atoms in total. The van der Waals surface area contributed by atoms with Gasteiger partial charge in [-0.15, -0.1) is 11.3 Å². The van der Waals surface area contributed by atoms with E-state index in [1.165, 1.54) is 12.1 Å². The van der Waals surface area contributed by atoms with E-state index in [0.717, 1.165) is 35.5 Å². The monoisotopic (exact) mass is 348 g/mol. The summed E-state index contributed by atoms with van der Waals surface area (Å²) in [5.74, 6) is -0.376. The number of amides is 1. The zero-order valence-corrected chi connectivity index (χ0v) is 14.4. The van der Waals surface area contributed by atoms with Crippen molar-refractivity contribution in [3.8, 4) is 0 Å². The first kappa shape index (κ1) is 17.0. The second kappa shape index (κ2) is 7.85. The normalized spacial score (nSPS) is 18.5. The number of carbonyl (C=O) groups is 1. The molecule has 1 aromatic carbocycles. The van der Waals surface area contributed by atoms with Crippen LogP contribution in [-0.2, 0) is 22.4 Å². The van der Waals surface area contributed by atoms with Crippen molar-refractivity contribution in [1.82, 2.24) is 10.3 Å². The number of carbonyl (C=O) groups excluding carboxylic acids is 1. The Kier molecular flexibility index (Phi) is 5.58. The van der Waals surface area contributed by atoms with Gasteiger partial charge in [0.1, 0.15) is 5.82 Å². The van der Waals surface area contributed by atoms with Gasteiger partial charge >= 0.3 is 0 Å². The lowest BCUT2D eigenvalue weighted by Gasteiger charge is -2.24. The topological polar surface area (TPSA) is 51.2 Å². The molecule has 24 heavy (non-hydrogen) atoms. The van der Waals surface area contributed by atoms with Crippen molar-refractivity contribution in [2.45, 2.75) is 44.8 Å². The zero-order valence-electron chi connectivity index (χ0n) is 13.6. The van der Waals surface area contributed by atoms with Crippen molar-refractivity contribution in [1.29, 1.82) is 0 Å². The van der Waals surface area contributed by atoms with Crippen molar-refractivity contribution in [2.75, 3.05) is 6.61 Å². The Morgan fingerprint density at radius 1 is 1.46 bits per heavy atom. The van der Waals surface area contributed by atoms with Crippen molar-refractivity contribution < 1.29 is 13.9 Å². The summed E-state index contributed by atoms with van der Waals surface area (Å²) >= 11 is 1.58. The molecule has 0 saturated carbocycles. The lowest BCUT2D eigenvalue weighted by Crippen LogP contribution is -2.37. The Morgan fingerprint density at radius 2 is 2.25 bits per heavy atom. The van der Waals surface area contributed by atoms with Crippen LogP contribution in [0.2, 0.25) is 0 Å². The molecule has 0 bridgehead atoms. The van der Waals surface area contributed by atoms with E-state index in [0.29, 0.717) is 6.61 Å². The molecule has 1 saturated heterocycles. The van der Waals surface area contributed by atoms with E-state index in [2.05, 4.69) is 10.3 Å². The number of hydrogen-bond donors (Lipinski definition) is 1. The van der Waals surface area contributed by atoms with Crippen LogP contribution >= 0.6 is 11.3 Å². The Balaban J connectivity index is 1.70. The van der Waals surface area contributed by atoms with E-state index in [-0.39, 0.29) is 30.3 Å².